The molecule has 43 heavy (non-hydrogen) atoms. The van der Waals surface area contributed by atoms with Gasteiger partial charge >= 0.3 is 0 Å². The molecule has 0 saturated carbocycles. The Bertz CT molecular complexity index is 1440. The topological polar surface area (TPSA) is 25.8 Å². The van der Waals surface area contributed by atoms with Crippen LogP contribution in [-0.4, -0.2) is 9.97 Å². The number of pyridine rings is 2. The number of aromatic nitrogens is 2. The van der Waals surface area contributed by atoms with E-state index in [1.165, 1.54) is 22.3 Å². The highest BCUT2D eigenvalue weighted by Crippen LogP contribution is 2.57. The van der Waals surface area contributed by atoms with E-state index in [2.05, 4.69) is 146 Å². The van der Waals surface area contributed by atoms with Crippen LogP contribution in [0.25, 0.3) is 11.4 Å². The van der Waals surface area contributed by atoms with Crippen molar-refractivity contribution in [2.24, 2.45) is 21.7 Å². The maximum Gasteiger partial charge on any atom is 0.0888 e. The van der Waals surface area contributed by atoms with Crippen LogP contribution in [0, 0.1) is 21.7 Å². The van der Waals surface area contributed by atoms with E-state index in [0.717, 1.165) is 30.7 Å². The van der Waals surface area contributed by atoms with Crippen LogP contribution in [0.1, 0.15) is 116 Å². The number of benzene rings is 2. The van der Waals surface area contributed by atoms with E-state index < -0.39 is 0 Å². The molecule has 2 atom stereocenters. The van der Waals surface area contributed by atoms with Gasteiger partial charge in [0.2, 0.25) is 0 Å². The zero-order valence-corrected chi connectivity index (χ0v) is 28.4. The molecule has 0 aliphatic carbocycles. The molecule has 2 heteroatoms. The minimum absolute atomic E-state index is 0.0722. The summed E-state index contributed by atoms with van der Waals surface area (Å²) < 4.78 is 0. The maximum absolute atomic E-state index is 4.56. The van der Waals surface area contributed by atoms with Crippen LogP contribution in [0.15, 0.2) is 97.3 Å². The van der Waals surface area contributed by atoms with Crippen molar-refractivity contribution in [3.8, 4) is 11.4 Å². The molecule has 0 amide bonds. The lowest BCUT2D eigenvalue weighted by Gasteiger charge is -2.51. The molecule has 4 aromatic rings. The fraction of sp³-hybridized carbons (Fsp3) is 0.463. The summed E-state index contributed by atoms with van der Waals surface area (Å²) in [6, 6.07) is 30.9. The monoisotopic (exact) mass is 574 g/mol. The van der Waals surface area contributed by atoms with Gasteiger partial charge in [-0.15, -0.1) is 0 Å². The van der Waals surface area contributed by atoms with E-state index in [1.54, 1.807) is 0 Å². The molecule has 0 fully saturated rings. The van der Waals surface area contributed by atoms with Crippen LogP contribution >= 0.6 is 0 Å². The van der Waals surface area contributed by atoms with Crippen molar-refractivity contribution in [1.82, 2.24) is 9.97 Å². The van der Waals surface area contributed by atoms with Crippen molar-refractivity contribution in [3.63, 3.8) is 0 Å². The molecule has 2 aromatic heterocycles. The van der Waals surface area contributed by atoms with Gasteiger partial charge in [-0.1, -0.05) is 130 Å². The second-order valence-corrected chi connectivity index (χ2v) is 16.1. The van der Waals surface area contributed by atoms with E-state index >= 15 is 0 Å². The van der Waals surface area contributed by atoms with E-state index in [1.807, 2.05) is 30.6 Å². The lowest BCUT2D eigenvalue weighted by Crippen LogP contribution is -2.41. The molecule has 2 heterocycles. The van der Waals surface area contributed by atoms with Crippen LogP contribution in [0.3, 0.4) is 0 Å². The Morgan fingerprint density at radius 3 is 1.72 bits per heavy atom. The number of rotatable bonds is 10. The zero-order valence-electron chi connectivity index (χ0n) is 28.4. The van der Waals surface area contributed by atoms with Crippen molar-refractivity contribution in [1.29, 1.82) is 0 Å². The second-order valence-electron chi connectivity index (χ2n) is 16.1. The lowest BCUT2D eigenvalue weighted by atomic mass is 9.53. The van der Waals surface area contributed by atoms with Gasteiger partial charge in [-0.25, -0.2) is 0 Å². The molecule has 0 bridgehead atoms. The summed E-state index contributed by atoms with van der Waals surface area (Å²) in [7, 11) is 0. The lowest BCUT2D eigenvalue weighted by molar-refractivity contribution is 0.0305. The molecule has 0 aliphatic rings. The van der Waals surface area contributed by atoms with Crippen LogP contribution in [0.4, 0.5) is 0 Å². The highest BCUT2D eigenvalue weighted by atomic mass is 14.8. The van der Waals surface area contributed by atoms with Crippen LogP contribution in [-0.2, 0) is 6.42 Å². The first-order valence-corrected chi connectivity index (χ1v) is 16.1. The van der Waals surface area contributed by atoms with Gasteiger partial charge in [0.15, 0.2) is 0 Å². The van der Waals surface area contributed by atoms with Gasteiger partial charge in [-0.2, -0.15) is 0 Å². The molecule has 2 aromatic carbocycles. The quantitative estimate of drug-likeness (QED) is 0.188. The van der Waals surface area contributed by atoms with E-state index in [9.17, 15) is 0 Å². The molecule has 4 rings (SSSR count). The minimum atomic E-state index is 0.0722. The van der Waals surface area contributed by atoms with Crippen molar-refractivity contribution < 1.29 is 0 Å². The Balaban J connectivity index is 1.61. The molecule has 0 saturated heterocycles. The SMILES string of the molecule is CC(C)(C)CC(c1ccc(Cc2ccnc(-c3ccccn3)c2)cc1)C(C)(C)C(C)(C)CC(c1ccccc1)C(C)(C)C. The largest absolute Gasteiger partial charge is 0.255 e. The molecular weight excluding hydrogens is 520 g/mol. The smallest absolute Gasteiger partial charge is 0.0888 e. The second kappa shape index (κ2) is 12.8. The standard InChI is InChI=1S/C41H54N2/c1-38(2,3)28-35(41(9,10)40(7,8)29-34(39(4,5)6)32-16-12-11-13-17-32)33-21-19-30(20-22-33)26-31-23-25-43-37(27-31)36-18-14-15-24-42-36/h11-25,27,34-35H,26,28-29H2,1-10H3. The predicted octanol–water partition coefficient (Wildman–Crippen LogP) is 11.5. The molecule has 0 N–H and O–H groups in total. The van der Waals surface area contributed by atoms with Crippen molar-refractivity contribution in [3.05, 3.63) is 120 Å². The highest BCUT2D eigenvalue weighted by Gasteiger charge is 2.47. The third kappa shape index (κ3) is 8.22. The molecule has 0 spiro atoms. The van der Waals surface area contributed by atoms with Crippen LogP contribution in [0.5, 0.6) is 0 Å². The molecule has 2 unspecified atom stereocenters. The van der Waals surface area contributed by atoms with Gasteiger partial charge < -0.3 is 0 Å². The van der Waals surface area contributed by atoms with Gasteiger partial charge in [0.25, 0.3) is 0 Å². The van der Waals surface area contributed by atoms with Gasteiger partial charge in [-0.3, -0.25) is 9.97 Å². The van der Waals surface area contributed by atoms with E-state index in [0.29, 0.717) is 11.8 Å². The number of hydrogen-bond donors (Lipinski definition) is 0. The van der Waals surface area contributed by atoms with E-state index in [4.69, 9.17) is 0 Å². The van der Waals surface area contributed by atoms with Crippen molar-refractivity contribution >= 4 is 0 Å². The Morgan fingerprint density at radius 1 is 0.535 bits per heavy atom. The Kier molecular flexibility index (Phi) is 9.69. The summed E-state index contributed by atoms with van der Waals surface area (Å²) in [5.74, 6) is 0.918. The summed E-state index contributed by atoms with van der Waals surface area (Å²) >= 11 is 0. The Morgan fingerprint density at radius 2 is 1.14 bits per heavy atom. The first-order chi connectivity index (χ1) is 20.1. The highest BCUT2D eigenvalue weighted by molar-refractivity contribution is 5.54. The third-order valence-corrected chi connectivity index (χ3v) is 9.94. The van der Waals surface area contributed by atoms with Crippen LogP contribution < -0.4 is 0 Å². The average Bonchev–Trinajstić information content (AvgIpc) is 2.95. The summed E-state index contributed by atoms with van der Waals surface area (Å²) in [5, 5.41) is 0. The number of hydrogen-bond acceptors (Lipinski definition) is 2. The summed E-state index contributed by atoms with van der Waals surface area (Å²) in [6.07, 6.45) is 6.90. The summed E-state index contributed by atoms with van der Waals surface area (Å²) in [5.41, 5.74) is 7.90. The first kappa shape index (κ1) is 32.6. The van der Waals surface area contributed by atoms with Crippen LogP contribution in [0.2, 0.25) is 0 Å². The van der Waals surface area contributed by atoms with Gasteiger partial charge in [-0.05, 0) is 99.3 Å². The summed E-state index contributed by atoms with van der Waals surface area (Å²) in [6.45, 7) is 24.5. The van der Waals surface area contributed by atoms with E-state index in [-0.39, 0.29) is 21.7 Å². The number of nitrogens with zero attached hydrogens (tertiary/aromatic N) is 2. The summed E-state index contributed by atoms with van der Waals surface area (Å²) in [4.78, 5) is 9.05. The van der Waals surface area contributed by atoms with Crippen molar-refractivity contribution in [2.75, 3.05) is 0 Å². The zero-order chi connectivity index (χ0) is 31.5. The fourth-order valence-corrected chi connectivity index (χ4v) is 6.60. The van der Waals surface area contributed by atoms with Gasteiger partial charge in [0.05, 0.1) is 11.4 Å². The predicted molar refractivity (Wildman–Crippen MR) is 184 cm³/mol. The van der Waals surface area contributed by atoms with Crippen molar-refractivity contribution in [2.45, 2.75) is 100 Å². The molecule has 0 radical (unpaired) electrons. The van der Waals surface area contributed by atoms with Gasteiger partial charge in [0.1, 0.15) is 0 Å². The molecule has 0 aliphatic heterocycles. The minimum Gasteiger partial charge on any atom is -0.255 e. The Labute approximate surface area is 262 Å². The average molecular weight is 575 g/mol. The maximum atomic E-state index is 4.56. The Hall–Kier alpha value is -3.26. The van der Waals surface area contributed by atoms with Gasteiger partial charge in [0, 0.05) is 12.4 Å². The third-order valence-electron chi connectivity index (χ3n) is 9.94. The molecular formula is C41H54N2. The molecule has 228 valence electrons. The first-order valence-electron chi connectivity index (χ1n) is 16.1. The molecule has 2 nitrogen and oxygen atoms in total. The fourth-order valence-electron chi connectivity index (χ4n) is 6.60. The normalized spacial score (nSPS) is 14.4.